The molecule has 0 unspecified atom stereocenters. The second kappa shape index (κ2) is 4.79. The van der Waals surface area contributed by atoms with Gasteiger partial charge in [-0.2, -0.15) is 11.8 Å². The van der Waals surface area contributed by atoms with Crippen molar-refractivity contribution in [3.8, 4) is 0 Å². The molecule has 66 valence electrons. The molecule has 12 heavy (non-hydrogen) atoms. The van der Waals surface area contributed by atoms with Gasteiger partial charge in [-0.05, 0) is 44.2 Å². The molecule has 0 aliphatic carbocycles. The van der Waals surface area contributed by atoms with E-state index >= 15 is 0 Å². The van der Waals surface area contributed by atoms with E-state index in [4.69, 9.17) is 0 Å². The summed E-state index contributed by atoms with van der Waals surface area (Å²) in [5.41, 5.74) is 0. The SMILES string of the molecule is CSCC(=O)c1cc(Br)c(Br)s1. The summed E-state index contributed by atoms with van der Waals surface area (Å²) in [4.78, 5) is 12.2. The smallest absolute Gasteiger partial charge is 0.182 e. The van der Waals surface area contributed by atoms with Gasteiger partial charge in [0.15, 0.2) is 5.78 Å². The Labute approximate surface area is 96.2 Å². The first-order valence-electron chi connectivity index (χ1n) is 3.12. The van der Waals surface area contributed by atoms with Gasteiger partial charge in [0.1, 0.15) is 0 Å². The van der Waals surface area contributed by atoms with Crippen molar-refractivity contribution in [2.45, 2.75) is 0 Å². The van der Waals surface area contributed by atoms with E-state index in [9.17, 15) is 4.79 Å². The van der Waals surface area contributed by atoms with Crippen molar-refractivity contribution >= 4 is 60.7 Å². The van der Waals surface area contributed by atoms with Crippen molar-refractivity contribution < 1.29 is 4.79 Å². The molecule has 0 spiro atoms. The van der Waals surface area contributed by atoms with Crippen LogP contribution in [0.4, 0.5) is 0 Å². The summed E-state index contributed by atoms with van der Waals surface area (Å²) < 4.78 is 1.93. The van der Waals surface area contributed by atoms with E-state index in [0.29, 0.717) is 5.75 Å². The van der Waals surface area contributed by atoms with Crippen LogP contribution < -0.4 is 0 Å². The van der Waals surface area contributed by atoms with Gasteiger partial charge in [0.2, 0.25) is 0 Å². The fourth-order valence-corrected chi connectivity index (χ4v) is 3.17. The number of Topliss-reactive ketones (excluding diaryl/α,β-unsaturated/α-hetero) is 1. The molecule has 0 saturated heterocycles. The molecular formula is C7H6Br2OS2. The molecule has 1 rings (SSSR count). The number of carbonyl (C=O) groups is 1. The topological polar surface area (TPSA) is 17.1 Å². The van der Waals surface area contributed by atoms with Gasteiger partial charge in [-0.25, -0.2) is 0 Å². The maximum Gasteiger partial charge on any atom is 0.182 e. The number of hydrogen-bond acceptors (Lipinski definition) is 3. The van der Waals surface area contributed by atoms with Crippen LogP contribution in [0.15, 0.2) is 14.3 Å². The monoisotopic (exact) mass is 328 g/mol. The summed E-state index contributed by atoms with van der Waals surface area (Å²) in [7, 11) is 0. The second-order valence-electron chi connectivity index (χ2n) is 2.09. The molecule has 0 fully saturated rings. The quantitative estimate of drug-likeness (QED) is 0.784. The predicted molar refractivity (Wildman–Crippen MR) is 62.4 cm³/mol. The Morgan fingerprint density at radius 3 is 2.75 bits per heavy atom. The van der Waals surface area contributed by atoms with E-state index in [2.05, 4.69) is 31.9 Å². The number of thioether (sulfide) groups is 1. The van der Waals surface area contributed by atoms with Crippen molar-refractivity contribution in [1.29, 1.82) is 0 Å². The summed E-state index contributed by atoms with van der Waals surface area (Å²) in [5.74, 6) is 0.748. The van der Waals surface area contributed by atoms with Crippen molar-refractivity contribution in [3.05, 3.63) is 19.2 Å². The van der Waals surface area contributed by atoms with Crippen LogP contribution in [0.1, 0.15) is 9.67 Å². The molecule has 0 saturated carbocycles. The minimum absolute atomic E-state index is 0.193. The molecule has 0 aromatic carbocycles. The predicted octanol–water partition coefficient (Wildman–Crippen LogP) is 3.82. The number of thiophene rings is 1. The minimum atomic E-state index is 0.193. The Balaban J connectivity index is 2.82. The highest BCUT2D eigenvalue weighted by atomic mass is 79.9. The zero-order chi connectivity index (χ0) is 9.14. The molecule has 1 heterocycles. The fraction of sp³-hybridized carbons (Fsp3) is 0.286. The van der Waals surface area contributed by atoms with Crippen LogP contribution in [0.2, 0.25) is 0 Å². The molecule has 0 radical (unpaired) electrons. The third-order valence-electron chi connectivity index (χ3n) is 1.20. The average molecular weight is 330 g/mol. The van der Waals surface area contributed by atoms with Crippen LogP contribution in [0.3, 0.4) is 0 Å². The highest BCUT2D eigenvalue weighted by Crippen LogP contribution is 2.32. The Bertz CT molecular complexity index is 276. The summed E-state index contributed by atoms with van der Waals surface area (Å²) in [6.45, 7) is 0. The molecule has 5 heteroatoms. The highest BCUT2D eigenvalue weighted by molar-refractivity contribution is 9.13. The molecule has 0 atom stereocenters. The van der Waals surface area contributed by atoms with Crippen molar-refractivity contribution in [3.63, 3.8) is 0 Å². The number of rotatable bonds is 3. The lowest BCUT2D eigenvalue weighted by Crippen LogP contribution is -1.97. The van der Waals surface area contributed by atoms with Crippen LogP contribution in [0, 0.1) is 0 Å². The molecule has 0 aliphatic rings. The minimum Gasteiger partial charge on any atom is -0.292 e. The molecule has 0 aliphatic heterocycles. The molecule has 1 aromatic rings. The van der Waals surface area contributed by atoms with E-state index in [-0.39, 0.29) is 5.78 Å². The Morgan fingerprint density at radius 2 is 2.33 bits per heavy atom. The third-order valence-corrected chi connectivity index (χ3v) is 5.04. The second-order valence-corrected chi connectivity index (χ2v) is 6.18. The normalized spacial score (nSPS) is 10.2. The number of carbonyl (C=O) groups excluding carboxylic acids is 1. The van der Waals surface area contributed by atoms with E-state index in [1.807, 2.05) is 12.3 Å². The van der Waals surface area contributed by atoms with Crippen molar-refractivity contribution in [1.82, 2.24) is 0 Å². The van der Waals surface area contributed by atoms with Crippen LogP contribution in [-0.4, -0.2) is 17.8 Å². The Kier molecular flexibility index (Phi) is 4.29. The molecule has 0 amide bonds. The maximum atomic E-state index is 11.4. The van der Waals surface area contributed by atoms with E-state index in [0.717, 1.165) is 13.1 Å². The maximum absolute atomic E-state index is 11.4. The molecule has 1 aromatic heterocycles. The molecule has 0 N–H and O–H groups in total. The standard InChI is InChI=1S/C7H6Br2OS2/c1-11-3-5(10)6-2-4(8)7(9)12-6/h2H,3H2,1H3. The average Bonchev–Trinajstić information content (AvgIpc) is 2.33. The van der Waals surface area contributed by atoms with Crippen LogP contribution >= 0.6 is 55.0 Å². The lowest BCUT2D eigenvalue weighted by Gasteiger charge is -1.90. The van der Waals surface area contributed by atoms with E-state index in [1.165, 1.54) is 11.3 Å². The third kappa shape index (κ3) is 2.58. The highest BCUT2D eigenvalue weighted by Gasteiger charge is 2.10. The number of hydrogen-bond donors (Lipinski definition) is 0. The van der Waals surface area contributed by atoms with Gasteiger partial charge in [0.25, 0.3) is 0 Å². The van der Waals surface area contributed by atoms with Crippen molar-refractivity contribution in [2.75, 3.05) is 12.0 Å². The number of halogens is 2. The first-order valence-corrected chi connectivity index (χ1v) is 6.91. The lowest BCUT2D eigenvalue weighted by molar-refractivity contribution is 0.102. The molecule has 1 nitrogen and oxygen atoms in total. The fourth-order valence-electron chi connectivity index (χ4n) is 0.686. The molecular weight excluding hydrogens is 324 g/mol. The zero-order valence-corrected chi connectivity index (χ0v) is 11.1. The van der Waals surface area contributed by atoms with Gasteiger partial charge in [-0.3, -0.25) is 4.79 Å². The van der Waals surface area contributed by atoms with E-state index < -0.39 is 0 Å². The van der Waals surface area contributed by atoms with Gasteiger partial charge in [-0.1, -0.05) is 0 Å². The number of ketones is 1. The van der Waals surface area contributed by atoms with Crippen LogP contribution in [0.25, 0.3) is 0 Å². The van der Waals surface area contributed by atoms with Gasteiger partial charge < -0.3 is 0 Å². The zero-order valence-electron chi connectivity index (χ0n) is 6.27. The lowest BCUT2D eigenvalue weighted by atomic mass is 10.4. The van der Waals surface area contributed by atoms with Crippen LogP contribution in [0.5, 0.6) is 0 Å². The Hall–Kier alpha value is 0.680. The summed E-state index contributed by atoms with van der Waals surface area (Å²) >= 11 is 9.70. The summed E-state index contributed by atoms with van der Waals surface area (Å²) in [6, 6.07) is 1.85. The molecule has 0 bridgehead atoms. The summed E-state index contributed by atoms with van der Waals surface area (Å²) in [5, 5.41) is 0. The van der Waals surface area contributed by atoms with E-state index in [1.54, 1.807) is 11.8 Å². The first-order chi connectivity index (χ1) is 5.65. The summed E-state index contributed by atoms with van der Waals surface area (Å²) in [6.07, 6.45) is 1.93. The van der Waals surface area contributed by atoms with Crippen molar-refractivity contribution in [2.24, 2.45) is 0 Å². The van der Waals surface area contributed by atoms with Gasteiger partial charge in [0.05, 0.1) is 14.4 Å². The van der Waals surface area contributed by atoms with Gasteiger partial charge in [0, 0.05) is 4.47 Å². The Morgan fingerprint density at radius 1 is 1.67 bits per heavy atom. The first kappa shape index (κ1) is 10.8. The van der Waals surface area contributed by atoms with Gasteiger partial charge >= 0.3 is 0 Å². The van der Waals surface area contributed by atoms with Crippen LogP contribution in [-0.2, 0) is 0 Å². The van der Waals surface area contributed by atoms with Gasteiger partial charge in [-0.15, -0.1) is 11.3 Å². The largest absolute Gasteiger partial charge is 0.292 e.